The average molecular weight is 307 g/mol. The zero-order valence-corrected chi connectivity index (χ0v) is 12.3. The van der Waals surface area contributed by atoms with Gasteiger partial charge in [-0.3, -0.25) is 9.59 Å². The largest absolute Gasteiger partial charge is 0.478 e. The molecule has 5 nitrogen and oxygen atoms in total. The Balaban J connectivity index is 1.94. The molecule has 0 heterocycles. The average Bonchev–Trinajstić information content (AvgIpc) is 2.54. The van der Waals surface area contributed by atoms with E-state index in [9.17, 15) is 14.4 Å². The first-order valence-corrected chi connectivity index (χ1v) is 6.98. The second-order valence-electron chi connectivity index (χ2n) is 5.26. The van der Waals surface area contributed by atoms with Crippen LogP contribution in [0.3, 0.4) is 0 Å². The van der Waals surface area contributed by atoms with Crippen molar-refractivity contribution < 1.29 is 19.5 Å². The highest BCUT2D eigenvalue weighted by Gasteiger charge is 2.25. The Morgan fingerprint density at radius 3 is 2.39 bits per heavy atom. The second kappa shape index (κ2) is 5.53. The van der Waals surface area contributed by atoms with Crippen LogP contribution in [0.4, 0.5) is 5.69 Å². The topological polar surface area (TPSA) is 83.5 Å². The number of nitrogens with one attached hydrogen (secondary N) is 1. The minimum atomic E-state index is -1.02. The number of carboxylic acids is 1. The van der Waals surface area contributed by atoms with Crippen molar-refractivity contribution in [2.24, 2.45) is 0 Å². The predicted molar refractivity (Wildman–Crippen MR) is 84.9 cm³/mol. The van der Waals surface area contributed by atoms with Crippen LogP contribution in [-0.2, 0) is 0 Å². The van der Waals surface area contributed by atoms with Crippen LogP contribution in [0.25, 0.3) is 0 Å². The Hall–Kier alpha value is -3.21. The number of allylic oxidation sites excluding steroid dienone is 2. The minimum Gasteiger partial charge on any atom is -0.478 e. The maximum absolute atomic E-state index is 12.5. The molecule has 23 heavy (non-hydrogen) atoms. The number of fused-ring (bicyclic) bond motifs is 1. The Labute approximate surface area is 132 Å². The summed E-state index contributed by atoms with van der Waals surface area (Å²) in [5.41, 5.74) is 2.35. The summed E-state index contributed by atoms with van der Waals surface area (Å²) in [5, 5.41) is 11.9. The molecule has 2 aromatic carbocycles. The van der Waals surface area contributed by atoms with Gasteiger partial charge in [0.15, 0.2) is 5.78 Å². The van der Waals surface area contributed by atoms with E-state index in [1.165, 1.54) is 18.2 Å². The molecular formula is C18H13NO4. The molecule has 5 heteroatoms. The summed E-state index contributed by atoms with van der Waals surface area (Å²) >= 11 is 0. The summed E-state index contributed by atoms with van der Waals surface area (Å²) in [6.07, 6.45) is 1.27. The molecular weight excluding hydrogens is 294 g/mol. The number of ketones is 2. The lowest BCUT2D eigenvalue weighted by molar-refractivity contribution is 0.0696. The molecule has 2 aromatic rings. The molecule has 0 unspecified atom stereocenters. The number of aryl methyl sites for hydroxylation is 1. The van der Waals surface area contributed by atoms with Crippen LogP contribution in [0, 0.1) is 6.92 Å². The zero-order valence-electron chi connectivity index (χ0n) is 12.3. The summed E-state index contributed by atoms with van der Waals surface area (Å²) in [7, 11) is 0. The molecule has 1 aliphatic rings. The van der Waals surface area contributed by atoms with Gasteiger partial charge in [-0.05, 0) is 30.7 Å². The quantitative estimate of drug-likeness (QED) is 0.910. The van der Waals surface area contributed by atoms with Crippen molar-refractivity contribution in [2.45, 2.75) is 6.92 Å². The molecule has 0 atom stereocenters. The third-order valence-electron chi connectivity index (χ3n) is 3.70. The van der Waals surface area contributed by atoms with E-state index in [-0.39, 0.29) is 22.8 Å². The number of rotatable bonds is 3. The third kappa shape index (κ3) is 2.64. The molecule has 0 bridgehead atoms. The van der Waals surface area contributed by atoms with Gasteiger partial charge in [-0.25, -0.2) is 4.79 Å². The standard InChI is InChI=1S/C18H13NO4/c1-10-8-11(18(22)23)6-7-14(10)19-15-9-16(20)12-4-2-3-5-13(12)17(15)21/h2-9,19H,1H3,(H,22,23). The van der Waals surface area contributed by atoms with Crippen molar-refractivity contribution in [3.8, 4) is 0 Å². The lowest BCUT2D eigenvalue weighted by atomic mass is 9.92. The molecule has 0 aromatic heterocycles. The maximum atomic E-state index is 12.5. The normalized spacial score (nSPS) is 13.3. The van der Waals surface area contributed by atoms with Gasteiger partial charge < -0.3 is 10.4 Å². The highest BCUT2D eigenvalue weighted by atomic mass is 16.4. The van der Waals surface area contributed by atoms with E-state index < -0.39 is 5.97 Å². The number of hydrogen-bond acceptors (Lipinski definition) is 4. The summed E-state index contributed by atoms with van der Waals surface area (Å²) in [4.78, 5) is 35.5. The summed E-state index contributed by atoms with van der Waals surface area (Å²) in [5.74, 6) is -1.51. The molecule has 2 N–H and O–H groups in total. The van der Waals surface area contributed by atoms with Gasteiger partial charge in [-0.15, -0.1) is 0 Å². The number of benzene rings is 2. The van der Waals surface area contributed by atoms with Gasteiger partial charge in [0.1, 0.15) is 0 Å². The first-order chi connectivity index (χ1) is 11.0. The van der Waals surface area contributed by atoms with Crippen LogP contribution in [0.2, 0.25) is 0 Å². The number of Topliss-reactive ketones (excluding diaryl/α,β-unsaturated/α-hetero) is 1. The first-order valence-electron chi connectivity index (χ1n) is 6.98. The number of aromatic carboxylic acids is 1. The van der Waals surface area contributed by atoms with Gasteiger partial charge in [0, 0.05) is 22.9 Å². The molecule has 0 aliphatic heterocycles. The molecule has 0 amide bonds. The minimum absolute atomic E-state index is 0.165. The molecule has 0 saturated carbocycles. The predicted octanol–water partition coefficient (Wildman–Crippen LogP) is 3.07. The van der Waals surface area contributed by atoms with Gasteiger partial charge in [0.2, 0.25) is 5.78 Å². The van der Waals surface area contributed by atoms with E-state index >= 15 is 0 Å². The molecule has 1 aliphatic carbocycles. The van der Waals surface area contributed by atoms with Crippen LogP contribution >= 0.6 is 0 Å². The fourth-order valence-electron chi connectivity index (χ4n) is 2.49. The fourth-order valence-corrected chi connectivity index (χ4v) is 2.49. The maximum Gasteiger partial charge on any atom is 0.335 e. The number of carbonyl (C=O) groups excluding carboxylic acids is 2. The molecule has 0 radical (unpaired) electrons. The molecule has 0 spiro atoms. The lowest BCUT2D eigenvalue weighted by Crippen LogP contribution is -2.21. The highest BCUT2D eigenvalue weighted by Crippen LogP contribution is 2.24. The van der Waals surface area contributed by atoms with Gasteiger partial charge in [-0.2, -0.15) is 0 Å². The third-order valence-corrected chi connectivity index (χ3v) is 3.70. The zero-order chi connectivity index (χ0) is 16.6. The first kappa shape index (κ1) is 14.7. The molecule has 114 valence electrons. The smallest absolute Gasteiger partial charge is 0.335 e. The molecule has 0 fully saturated rings. The van der Waals surface area contributed by atoms with Crippen LogP contribution in [-0.4, -0.2) is 22.6 Å². The lowest BCUT2D eigenvalue weighted by Gasteiger charge is -2.17. The summed E-state index contributed by atoms with van der Waals surface area (Å²) in [6, 6.07) is 11.2. The van der Waals surface area contributed by atoms with Crippen molar-refractivity contribution >= 4 is 23.2 Å². The molecule has 0 saturated heterocycles. The van der Waals surface area contributed by atoms with Crippen molar-refractivity contribution in [2.75, 3.05) is 5.32 Å². The SMILES string of the molecule is Cc1cc(C(=O)O)ccc1NC1=CC(=O)c2ccccc2C1=O. The van der Waals surface area contributed by atoms with Crippen LogP contribution in [0.15, 0.2) is 54.2 Å². The monoisotopic (exact) mass is 307 g/mol. The van der Waals surface area contributed by atoms with Crippen LogP contribution < -0.4 is 5.32 Å². The van der Waals surface area contributed by atoms with Crippen LogP contribution in [0.1, 0.15) is 36.6 Å². The van der Waals surface area contributed by atoms with Gasteiger partial charge in [0.25, 0.3) is 0 Å². The van der Waals surface area contributed by atoms with Gasteiger partial charge in [0.05, 0.1) is 11.3 Å². The van der Waals surface area contributed by atoms with Gasteiger partial charge >= 0.3 is 5.97 Å². The number of anilines is 1. The number of carbonyl (C=O) groups is 3. The van der Waals surface area contributed by atoms with Gasteiger partial charge in [-0.1, -0.05) is 24.3 Å². The molecule has 3 rings (SSSR count). The van der Waals surface area contributed by atoms with Crippen molar-refractivity contribution in [1.29, 1.82) is 0 Å². The van der Waals surface area contributed by atoms with E-state index in [1.807, 2.05) is 0 Å². The summed E-state index contributed by atoms with van der Waals surface area (Å²) < 4.78 is 0. The Bertz CT molecular complexity index is 880. The Morgan fingerprint density at radius 2 is 1.74 bits per heavy atom. The van der Waals surface area contributed by atoms with E-state index in [0.29, 0.717) is 22.4 Å². The van der Waals surface area contributed by atoms with E-state index in [2.05, 4.69) is 5.32 Å². The fraction of sp³-hybridized carbons (Fsp3) is 0.0556. The number of hydrogen-bond donors (Lipinski definition) is 2. The van der Waals surface area contributed by atoms with Crippen LogP contribution in [0.5, 0.6) is 0 Å². The van der Waals surface area contributed by atoms with E-state index in [1.54, 1.807) is 37.3 Å². The van der Waals surface area contributed by atoms with Crippen molar-refractivity contribution in [3.63, 3.8) is 0 Å². The van der Waals surface area contributed by atoms with Crippen molar-refractivity contribution in [1.82, 2.24) is 0 Å². The van der Waals surface area contributed by atoms with E-state index in [4.69, 9.17) is 5.11 Å². The Kier molecular flexibility index (Phi) is 3.54. The van der Waals surface area contributed by atoms with Crippen molar-refractivity contribution in [3.05, 3.63) is 76.5 Å². The highest BCUT2D eigenvalue weighted by molar-refractivity contribution is 6.25. The summed E-state index contributed by atoms with van der Waals surface area (Å²) in [6.45, 7) is 1.73. The Morgan fingerprint density at radius 1 is 1.04 bits per heavy atom. The number of carboxylic acid groups (broad SMARTS) is 1. The second-order valence-corrected chi connectivity index (χ2v) is 5.26. The van der Waals surface area contributed by atoms with E-state index in [0.717, 1.165) is 0 Å².